The van der Waals surface area contributed by atoms with Crippen LogP contribution in [0, 0.1) is 30.6 Å². The molecule has 1 aliphatic heterocycles. The van der Waals surface area contributed by atoms with E-state index in [0.717, 1.165) is 48.0 Å². The van der Waals surface area contributed by atoms with Crippen LogP contribution in [0.2, 0.25) is 0 Å². The summed E-state index contributed by atoms with van der Waals surface area (Å²) in [6.45, 7) is 4.80. The van der Waals surface area contributed by atoms with Crippen molar-refractivity contribution < 1.29 is 14.6 Å². The average Bonchev–Trinajstić information content (AvgIpc) is 2.57. The first-order valence-corrected chi connectivity index (χ1v) is 9.63. The molecule has 0 amide bonds. The minimum Gasteiger partial charge on any atom is -0.491 e. The van der Waals surface area contributed by atoms with E-state index in [1.165, 1.54) is 32.1 Å². The summed E-state index contributed by atoms with van der Waals surface area (Å²) in [5.74, 6) is 2.52. The summed E-state index contributed by atoms with van der Waals surface area (Å²) < 4.78 is 6.12. The molecule has 1 aromatic rings. The Labute approximate surface area is 149 Å². The maximum Gasteiger partial charge on any atom is 0.309 e. The molecule has 5 nitrogen and oxygen atoms in total. The maximum absolute atomic E-state index is 10.9. The van der Waals surface area contributed by atoms with E-state index in [9.17, 15) is 4.79 Å². The zero-order valence-corrected chi connectivity index (χ0v) is 15.0. The van der Waals surface area contributed by atoms with E-state index in [2.05, 4.69) is 9.88 Å². The van der Waals surface area contributed by atoms with Crippen molar-refractivity contribution in [1.29, 1.82) is 0 Å². The average molecular weight is 344 g/mol. The number of ether oxygens (including phenoxy) is 1. The summed E-state index contributed by atoms with van der Waals surface area (Å²) in [6, 6.07) is 4.05. The van der Waals surface area contributed by atoms with Crippen molar-refractivity contribution in [1.82, 2.24) is 9.88 Å². The second-order valence-electron chi connectivity index (χ2n) is 8.20. The summed E-state index contributed by atoms with van der Waals surface area (Å²) in [7, 11) is 0. The number of carbonyl (C=O) groups is 1. The smallest absolute Gasteiger partial charge is 0.309 e. The molecular weight excluding hydrogens is 316 g/mol. The number of likely N-dealkylation sites (tertiary alicyclic amines) is 1. The number of aryl methyl sites for hydroxylation is 1. The number of pyridine rings is 1. The Morgan fingerprint density at radius 1 is 1.28 bits per heavy atom. The zero-order valence-electron chi connectivity index (χ0n) is 15.0. The van der Waals surface area contributed by atoms with Gasteiger partial charge in [-0.3, -0.25) is 14.7 Å². The van der Waals surface area contributed by atoms with Gasteiger partial charge in [0.25, 0.3) is 0 Å². The van der Waals surface area contributed by atoms with E-state index in [-0.39, 0.29) is 5.92 Å². The lowest BCUT2D eigenvalue weighted by Crippen LogP contribution is -2.49. The topological polar surface area (TPSA) is 62.7 Å². The van der Waals surface area contributed by atoms with Gasteiger partial charge in [0, 0.05) is 19.6 Å². The lowest BCUT2D eigenvalue weighted by atomic mass is 9.65. The number of carboxylic acid groups (broad SMARTS) is 1. The molecule has 5 rings (SSSR count). The molecule has 136 valence electrons. The largest absolute Gasteiger partial charge is 0.491 e. The first kappa shape index (κ1) is 16.8. The van der Waals surface area contributed by atoms with Crippen molar-refractivity contribution in [2.45, 2.75) is 45.6 Å². The van der Waals surface area contributed by atoms with Gasteiger partial charge in [0.2, 0.25) is 0 Å². The van der Waals surface area contributed by atoms with Gasteiger partial charge >= 0.3 is 5.97 Å². The monoisotopic (exact) mass is 344 g/mol. The van der Waals surface area contributed by atoms with E-state index in [4.69, 9.17) is 9.84 Å². The second kappa shape index (κ2) is 6.94. The van der Waals surface area contributed by atoms with Gasteiger partial charge in [0.15, 0.2) is 0 Å². The van der Waals surface area contributed by atoms with E-state index in [1.807, 2.05) is 19.1 Å². The normalized spacial score (nSPS) is 29.4. The molecule has 1 aromatic heterocycles. The minimum atomic E-state index is -0.694. The highest BCUT2D eigenvalue weighted by Gasteiger charge is 2.36. The highest BCUT2D eigenvalue weighted by molar-refractivity contribution is 5.71. The van der Waals surface area contributed by atoms with Crippen molar-refractivity contribution in [3.05, 3.63) is 23.5 Å². The van der Waals surface area contributed by atoms with Crippen molar-refractivity contribution >= 4 is 5.97 Å². The van der Waals surface area contributed by atoms with Crippen LogP contribution in [-0.4, -0.2) is 40.7 Å². The molecule has 4 aliphatic rings. The molecule has 1 unspecified atom stereocenters. The molecule has 3 aliphatic carbocycles. The first-order chi connectivity index (χ1) is 12.1. The quantitative estimate of drug-likeness (QED) is 0.859. The van der Waals surface area contributed by atoms with Gasteiger partial charge in [-0.15, -0.1) is 0 Å². The summed E-state index contributed by atoms with van der Waals surface area (Å²) >= 11 is 0. The first-order valence-electron chi connectivity index (χ1n) is 9.63. The van der Waals surface area contributed by atoms with E-state index < -0.39 is 5.97 Å². The van der Waals surface area contributed by atoms with Crippen LogP contribution in [0.4, 0.5) is 0 Å². The Bertz CT molecular complexity index is 634. The highest BCUT2D eigenvalue weighted by atomic mass is 16.5. The fourth-order valence-corrected chi connectivity index (χ4v) is 4.84. The highest BCUT2D eigenvalue weighted by Crippen LogP contribution is 2.45. The Morgan fingerprint density at radius 2 is 2.04 bits per heavy atom. The van der Waals surface area contributed by atoms with Gasteiger partial charge in [-0.1, -0.05) is 12.8 Å². The lowest BCUT2D eigenvalue weighted by Gasteiger charge is -2.42. The van der Waals surface area contributed by atoms with E-state index in [1.54, 1.807) is 0 Å². The van der Waals surface area contributed by atoms with Gasteiger partial charge < -0.3 is 9.84 Å². The Kier molecular flexibility index (Phi) is 4.67. The number of rotatable bonds is 6. The molecule has 1 saturated heterocycles. The Hall–Kier alpha value is -1.62. The van der Waals surface area contributed by atoms with E-state index >= 15 is 0 Å². The molecule has 2 bridgehead atoms. The van der Waals surface area contributed by atoms with Gasteiger partial charge in [-0.2, -0.15) is 0 Å². The fourth-order valence-electron chi connectivity index (χ4n) is 4.84. The van der Waals surface area contributed by atoms with Crippen LogP contribution in [-0.2, 0) is 11.3 Å². The Balaban J connectivity index is 1.29. The number of hydrogen-bond donors (Lipinski definition) is 1. The van der Waals surface area contributed by atoms with Crippen LogP contribution in [0.1, 0.15) is 43.5 Å². The molecule has 1 atom stereocenters. The maximum atomic E-state index is 10.9. The molecule has 1 N–H and O–H groups in total. The van der Waals surface area contributed by atoms with Crippen molar-refractivity contribution in [2.24, 2.45) is 23.7 Å². The molecule has 2 heterocycles. The van der Waals surface area contributed by atoms with Crippen LogP contribution >= 0.6 is 0 Å². The van der Waals surface area contributed by atoms with Crippen molar-refractivity contribution in [3.8, 4) is 5.75 Å². The van der Waals surface area contributed by atoms with Crippen molar-refractivity contribution in [2.75, 3.05) is 19.7 Å². The fraction of sp³-hybridized carbons (Fsp3) is 0.700. The predicted octanol–water partition coefficient (Wildman–Crippen LogP) is 3.11. The third-order valence-corrected chi connectivity index (χ3v) is 6.43. The SMILES string of the molecule is Cc1nc(CN2CC(C(=O)O)C2)ccc1OCC1CC2CCC1CC2. The van der Waals surface area contributed by atoms with Gasteiger partial charge in [0.1, 0.15) is 5.75 Å². The molecule has 0 spiro atoms. The van der Waals surface area contributed by atoms with Gasteiger partial charge in [-0.25, -0.2) is 0 Å². The number of fused-ring (bicyclic) bond motifs is 3. The molecule has 0 aromatic carbocycles. The third-order valence-electron chi connectivity index (χ3n) is 6.43. The second-order valence-corrected chi connectivity index (χ2v) is 8.20. The number of carboxylic acids is 1. The number of hydrogen-bond acceptors (Lipinski definition) is 4. The van der Waals surface area contributed by atoms with Crippen LogP contribution in [0.5, 0.6) is 5.75 Å². The van der Waals surface area contributed by atoms with Gasteiger partial charge in [-0.05, 0) is 56.1 Å². The molecule has 3 saturated carbocycles. The van der Waals surface area contributed by atoms with Crippen LogP contribution in [0.25, 0.3) is 0 Å². The standard InChI is InChI=1S/C20H28N2O3/c1-13-19(25-12-16-8-14-2-4-15(16)5-3-14)7-6-18(21-13)11-22-9-17(10-22)20(23)24/h6-7,14-17H,2-5,8-12H2,1H3,(H,23,24). The summed E-state index contributed by atoms with van der Waals surface area (Å²) in [4.78, 5) is 17.7. The molecular formula is C20H28N2O3. The van der Waals surface area contributed by atoms with Crippen LogP contribution in [0.15, 0.2) is 12.1 Å². The predicted molar refractivity (Wildman–Crippen MR) is 94.4 cm³/mol. The number of nitrogens with zero attached hydrogens (tertiary/aromatic N) is 2. The third kappa shape index (κ3) is 3.66. The molecule has 5 heteroatoms. The van der Waals surface area contributed by atoms with Gasteiger partial charge in [0.05, 0.1) is 23.9 Å². The lowest BCUT2D eigenvalue weighted by molar-refractivity contribution is -0.147. The zero-order chi connectivity index (χ0) is 17.4. The molecule has 25 heavy (non-hydrogen) atoms. The van der Waals surface area contributed by atoms with Crippen molar-refractivity contribution in [3.63, 3.8) is 0 Å². The summed E-state index contributed by atoms with van der Waals surface area (Å²) in [5.41, 5.74) is 1.93. The molecule has 4 fully saturated rings. The van der Waals surface area contributed by atoms with E-state index in [0.29, 0.717) is 13.1 Å². The van der Waals surface area contributed by atoms with Crippen LogP contribution < -0.4 is 4.74 Å². The Morgan fingerprint density at radius 3 is 2.64 bits per heavy atom. The summed E-state index contributed by atoms with van der Waals surface area (Å²) in [5, 5.41) is 8.94. The molecule has 0 radical (unpaired) electrons. The van der Waals surface area contributed by atoms with Crippen LogP contribution in [0.3, 0.4) is 0 Å². The number of aromatic nitrogens is 1. The number of aliphatic carboxylic acids is 1. The summed E-state index contributed by atoms with van der Waals surface area (Å²) in [6.07, 6.45) is 6.98. The minimum absolute atomic E-state index is 0.213.